The Morgan fingerprint density at radius 1 is 1.17 bits per heavy atom. The number of nitrogens with zero attached hydrogens (tertiary/aromatic N) is 4. The van der Waals surface area contributed by atoms with Crippen molar-refractivity contribution in [3.05, 3.63) is 70.0 Å². The maximum Gasteiger partial charge on any atom is 0.269 e. The number of aromatic nitrogens is 1. The Hall–Kier alpha value is -2.31. The highest BCUT2D eigenvalue weighted by Crippen LogP contribution is 2.12. The van der Waals surface area contributed by atoms with Crippen molar-refractivity contribution >= 4 is 35.6 Å². The molecule has 1 aliphatic rings. The molecule has 2 aromatic rings. The third-order valence-electron chi connectivity index (χ3n) is 4.55. The molecule has 1 aromatic heterocycles. The quantitative estimate of drug-likeness (QED) is 0.179. The molecule has 0 unspecified atom stereocenters. The number of ether oxygens (including phenoxy) is 1. The number of non-ortho nitro benzene ring substituents is 1. The van der Waals surface area contributed by atoms with Crippen LogP contribution in [-0.4, -0.2) is 60.2 Å². The van der Waals surface area contributed by atoms with Crippen LogP contribution in [0.3, 0.4) is 0 Å². The van der Waals surface area contributed by atoms with Gasteiger partial charge in [-0.2, -0.15) is 0 Å². The first-order valence-electron chi connectivity index (χ1n) is 9.66. The van der Waals surface area contributed by atoms with Gasteiger partial charge in [-0.1, -0.05) is 18.2 Å². The van der Waals surface area contributed by atoms with Crippen LogP contribution in [0, 0.1) is 10.1 Å². The lowest BCUT2D eigenvalue weighted by Crippen LogP contribution is -2.44. The Balaban J connectivity index is 0.00000320. The third-order valence-corrected chi connectivity index (χ3v) is 4.55. The van der Waals surface area contributed by atoms with E-state index in [2.05, 4.69) is 25.5 Å². The van der Waals surface area contributed by atoms with Gasteiger partial charge in [-0.25, -0.2) is 4.99 Å². The average Bonchev–Trinajstić information content (AvgIpc) is 2.77. The van der Waals surface area contributed by atoms with Gasteiger partial charge in [0.05, 0.1) is 36.9 Å². The van der Waals surface area contributed by atoms with Gasteiger partial charge in [-0.05, 0) is 17.7 Å². The Morgan fingerprint density at radius 2 is 1.93 bits per heavy atom. The molecule has 0 atom stereocenters. The van der Waals surface area contributed by atoms with Crippen LogP contribution in [0.4, 0.5) is 5.69 Å². The summed E-state index contributed by atoms with van der Waals surface area (Å²) in [4.78, 5) is 21.7. The zero-order valence-electron chi connectivity index (χ0n) is 16.7. The largest absolute Gasteiger partial charge is 0.379 e. The number of guanidine groups is 1. The number of aliphatic imine (C=N–C) groups is 1. The number of nitro groups is 1. The molecule has 0 spiro atoms. The Labute approximate surface area is 193 Å². The lowest BCUT2D eigenvalue weighted by molar-refractivity contribution is -0.384. The van der Waals surface area contributed by atoms with E-state index in [4.69, 9.17) is 4.74 Å². The van der Waals surface area contributed by atoms with Gasteiger partial charge in [-0.3, -0.25) is 20.0 Å². The van der Waals surface area contributed by atoms with Crippen LogP contribution in [0.2, 0.25) is 0 Å². The lowest BCUT2D eigenvalue weighted by atomic mass is 10.2. The van der Waals surface area contributed by atoms with Crippen molar-refractivity contribution in [2.45, 2.75) is 13.1 Å². The number of nitrogens with one attached hydrogen (secondary N) is 2. The molecule has 162 valence electrons. The maximum absolute atomic E-state index is 10.8. The number of pyridine rings is 1. The molecule has 9 nitrogen and oxygen atoms in total. The minimum Gasteiger partial charge on any atom is -0.379 e. The fraction of sp³-hybridized carbons (Fsp3) is 0.400. The molecule has 0 aliphatic carbocycles. The first-order chi connectivity index (χ1) is 14.2. The van der Waals surface area contributed by atoms with Crippen LogP contribution in [0.5, 0.6) is 0 Å². The predicted octanol–water partition coefficient (Wildman–Crippen LogP) is 2.18. The molecule has 0 amide bonds. The van der Waals surface area contributed by atoms with E-state index in [0.717, 1.165) is 50.7 Å². The van der Waals surface area contributed by atoms with E-state index < -0.39 is 4.92 Å². The highest BCUT2D eigenvalue weighted by atomic mass is 127. The van der Waals surface area contributed by atoms with Crippen molar-refractivity contribution in [3.8, 4) is 0 Å². The number of halogens is 1. The SMILES string of the molecule is I.O=[N+]([O-])c1ccc(CN=C(NCCN2CCOCC2)NCc2ccccn2)cc1. The minimum atomic E-state index is -0.403. The van der Waals surface area contributed by atoms with Crippen LogP contribution in [0.25, 0.3) is 0 Å². The second-order valence-electron chi connectivity index (χ2n) is 6.64. The van der Waals surface area contributed by atoms with Crippen LogP contribution in [0.15, 0.2) is 53.7 Å². The summed E-state index contributed by atoms with van der Waals surface area (Å²) in [5, 5.41) is 17.4. The molecule has 30 heavy (non-hydrogen) atoms. The highest BCUT2D eigenvalue weighted by Gasteiger charge is 2.10. The van der Waals surface area contributed by atoms with Crippen molar-refractivity contribution in [2.75, 3.05) is 39.4 Å². The molecule has 1 aliphatic heterocycles. The number of nitro benzene ring substituents is 1. The molecule has 2 heterocycles. The summed E-state index contributed by atoms with van der Waals surface area (Å²) >= 11 is 0. The van der Waals surface area contributed by atoms with Crippen LogP contribution in [0.1, 0.15) is 11.3 Å². The van der Waals surface area contributed by atoms with Crippen molar-refractivity contribution in [2.24, 2.45) is 4.99 Å². The average molecular weight is 526 g/mol. The van der Waals surface area contributed by atoms with Gasteiger partial charge in [0.2, 0.25) is 0 Å². The van der Waals surface area contributed by atoms with Gasteiger partial charge in [0.25, 0.3) is 5.69 Å². The van der Waals surface area contributed by atoms with E-state index in [0.29, 0.717) is 19.0 Å². The second-order valence-corrected chi connectivity index (χ2v) is 6.64. The van der Waals surface area contributed by atoms with Gasteiger partial charge < -0.3 is 15.4 Å². The number of hydrogen-bond acceptors (Lipinski definition) is 6. The van der Waals surface area contributed by atoms with Crippen LogP contribution < -0.4 is 10.6 Å². The monoisotopic (exact) mass is 526 g/mol. The van der Waals surface area contributed by atoms with E-state index >= 15 is 0 Å². The summed E-state index contributed by atoms with van der Waals surface area (Å²) in [6.45, 7) is 6.09. The summed E-state index contributed by atoms with van der Waals surface area (Å²) < 4.78 is 5.38. The predicted molar refractivity (Wildman–Crippen MR) is 126 cm³/mol. The van der Waals surface area contributed by atoms with Crippen LogP contribution in [-0.2, 0) is 17.8 Å². The van der Waals surface area contributed by atoms with Gasteiger partial charge in [0.1, 0.15) is 0 Å². The van der Waals surface area contributed by atoms with E-state index in [9.17, 15) is 10.1 Å². The third kappa shape index (κ3) is 8.20. The van der Waals surface area contributed by atoms with Crippen molar-refractivity contribution in [3.63, 3.8) is 0 Å². The van der Waals surface area contributed by atoms with Gasteiger partial charge in [-0.15, -0.1) is 24.0 Å². The number of benzene rings is 1. The van der Waals surface area contributed by atoms with E-state index in [1.54, 1.807) is 18.3 Å². The molecule has 0 radical (unpaired) electrons. The van der Waals surface area contributed by atoms with Gasteiger partial charge in [0.15, 0.2) is 5.96 Å². The fourth-order valence-corrected chi connectivity index (χ4v) is 2.90. The topological polar surface area (TPSA) is 105 Å². The summed E-state index contributed by atoms with van der Waals surface area (Å²) in [6.07, 6.45) is 1.76. The normalized spacial score (nSPS) is 14.6. The van der Waals surface area contributed by atoms with Crippen LogP contribution >= 0.6 is 24.0 Å². The highest BCUT2D eigenvalue weighted by molar-refractivity contribution is 14.0. The summed E-state index contributed by atoms with van der Waals surface area (Å²) in [5.74, 6) is 0.683. The molecule has 1 saturated heterocycles. The fourth-order valence-electron chi connectivity index (χ4n) is 2.90. The standard InChI is InChI=1S/C20H26N6O3.HI/c27-26(28)19-6-4-17(5-7-19)15-23-20(24-16-18-3-1-2-8-21-18)22-9-10-25-11-13-29-14-12-25;/h1-8H,9-16H2,(H2,22,23,24);1H. The Kier molecular flexibility index (Phi) is 10.5. The lowest BCUT2D eigenvalue weighted by Gasteiger charge is -2.26. The first-order valence-corrected chi connectivity index (χ1v) is 9.66. The summed E-state index contributed by atoms with van der Waals surface area (Å²) in [7, 11) is 0. The van der Waals surface area contributed by atoms with Crippen molar-refractivity contribution in [1.29, 1.82) is 0 Å². The summed E-state index contributed by atoms with van der Waals surface area (Å²) in [6, 6.07) is 12.2. The molecular formula is C20H27IN6O3. The zero-order chi connectivity index (χ0) is 20.3. The molecule has 3 rings (SSSR count). The number of rotatable bonds is 8. The molecule has 1 fully saturated rings. The maximum atomic E-state index is 10.8. The molecule has 10 heteroatoms. The number of morpholine rings is 1. The van der Waals surface area contributed by atoms with Gasteiger partial charge in [0, 0.05) is 44.5 Å². The van der Waals surface area contributed by atoms with E-state index in [-0.39, 0.29) is 29.7 Å². The number of hydrogen-bond donors (Lipinski definition) is 2. The zero-order valence-corrected chi connectivity index (χ0v) is 19.0. The van der Waals surface area contributed by atoms with Crippen molar-refractivity contribution in [1.82, 2.24) is 20.5 Å². The smallest absolute Gasteiger partial charge is 0.269 e. The molecule has 2 N–H and O–H groups in total. The van der Waals surface area contributed by atoms with Crippen molar-refractivity contribution < 1.29 is 9.66 Å². The Bertz CT molecular complexity index is 798. The van der Waals surface area contributed by atoms with Gasteiger partial charge >= 0.3 is 0 Å². The van der Waals surface area contributed by atoms with E-state index in [1.165, 1.54) is 12.1 Å². The molecule has 1 aromatic carbocycles. The minimum absolute atomic E-state index is 0. The first kappa shape index (κ1) is 24.0. The second kappa shape index (κ2) is 13.1. The van der Waals surface area contributed by atoms with E-state index in [1.807, 2.05) is 18.2 Å². The summed E-state index contributed by atoms with van der Waals surface area (Å²) in [5.41, 5.74) is 1.91. The molecule has 0 saturated carbocycles. The molecule has 0 bridgehead atoms. The Morgan fingerprint density at radius 3 is 2.60 bits per heavy atom. The molecular weight excluding hydrogens is 499 g/mol.